The van der Waals surface area contributed by atoms with Crippen molar-refractivity contribution >= 4 is 11.4 Å². The predicted molar refractivity (Wildman–Crippen MR) is 44.8 cm³/mol. The molecule has 0 aliphatic carbocycles. The van der Waals surface area contributed by atoms with E-state index in [-0.39, 0.29) is 6.61 Å². The highest BCUT2D eigenvalue weighted by Crippen LogP contribution is 1.80. The molecule has 0 radical (unpaired) electrons. The van der Waals surface area contributed by atoms with Crippen LogP contribution in [0.1, 0.15) is 13.3 Å². The molecule has 0 N–H and O–H groups in total. The lowest BCUT2D eigenvalue weighted by molar-refractivity contribution is 0.300. The summed E-state index contributed by atoms with van der Waals surface area (Å²) in [6, 6.07) is 0. The Morgan fingerprint density at radius 3 is 1.91 bits per heavy atom. The molecule has 0 heterocycles. The first-order valence-corrected chi connectivity index (χ1v) is 4.34. The van der Waals surface area contributed by atoms with E-state index in [1.165, 1.54) is 0 Å². The summed E-state index contributed by atoms with van der Waals surface area (Å²) in [6.07, 6.45) is 0.730. The van der Waals surface area contributed by atoms with Gasteiger partial charge in [0.15, 0.2) is 0 Å². The summed E-state index contributed by atoms with van der Waals surface area (Å²) >= 11 is -2.32. The van der Waals surface area contributed by atoms with Crippen LogP contribution in [-0.4, -0.2) is 41.4 Å². The molecule has 0 aliphatic rings. The van der Waals surface area contributed by atoms with Crippen molar-refractivity contribution in [2.45, 2.75) is 13.3 Å². The van der Waals surface area contributed by atoms with E-state index in [1.54, 1.807) is 0 Å². The number of hydrogen-bond acceptors (Lipinski definition) is 4. The molecule has 11 heavy (non-hydrogen) atoms. The van der Waals surface area contributed by atoms with Crippen LogP contribution < -0.4 is 0 Å². The van der Waals surface area contributed by atoms with Crippen molar-refractivity contribution in [2.24, 2.45) is 0 Å². The van der Waals surface area contributed by atoms with E-state index < -0.39 is 11.4 Å². The van der Waals surface area contributed by atoms with Gasteiger partial charge < -0.3 is 13.6 Å². The van der Waals surface area contributed by atoms with Crippen molar-refractivity contribution in [1.82, 2.24) is 4.90 Å². The van der Waals surface area contributed by atoms with Crippen LogP contribution in [-0.2, 0) is 15.5 Å². The van der Waals surface area contributed by atoms with Gasteiger partial charge in [-0.15, -0.1) is 0 Å². The van der Waals surface area contributed by atoms with E-state index in [1.807, 2.05) is 33.0 Å². The van der Waals surface area contributed by atoms with E-state index in [0.717, 1.165) is 6.42 Å². The smallest absolute Gasteiger partial charge is 0.0842 e. The number of rotatable bonds is 3. The molecule has 0 amide bonds. The highest BCUT2D eigenvalue weighted by atomic mass is 32.2. The van der Waals surface area contributed by atoms with Gasteiger partial charge in [0.05, 0.1) is 18.0 Å². The van der Waals surface area contributed by atoms with Crippen LogP contribution in [0.15, 0.2) is 0 Å². The standard InChI is InChI=1S/C3H9N.C3H8O3S/c1-4(2)3;1-2-3-6-7(4)5/h1-3H3;2-3H2,1H3,(H,4,5)/p-1. The summed E-state index contributed by atoms with van der Waals surface area (Å²) in [4.78, 5) is 2.00. The zero-order chi connectivity index (χ0) is 9.28. The predicted octanol–water partition coefficient (Wildman–Crippen LogP) is 0.385. The Balaban J connectivity index is 0. The molecule has 5 heteroatoms. The fourth-order valence-electron chi connectivity index (χ4n) is 0.151. The highest BCUT2D eigenvalue weighted by Gasteiger charge is 1.77. The van der Waals surface area contributed by atoms with Gasteiger partial charge in [-0.2, -0.15) is 0 Å². The molecule has 0 saturated carbocycles. The van der Waals surface area contributed by atoms with Crippen LogP contribution in [0.25, 0.3) is 0 Å². The molecule has 0 spiro atoms. The second-order valence-electron chi connectivity index (χ2n) is 2.37. The largest absolute Gasteiger partial charge is 0.750 e. The Bertz CT molecular complexity index is 95.1. The van der Waals surface area contributed by atoms with Crippen molar-refractivity contribution in [3.8, 4) is 0 Å². The van der Waals surface area contributed by atoms with Crippen molar-refractivity contribution in [2.75, 3.05) is 27.7 Å². The fraction of sp³-hybridized carbons (Fsp3) is 1.00. The van der Waals surface area contributed by atoms with Crippen molar-refractivity contribution in [3.63, 3.8) is 0 Å². The van der Waals surface area contributed by atoms with E-state index >= 15 is 0 Å². The average Bonchev–Trinajstić information content (AvgIpc) is 1.82. The lowest BCUT2D eigenvalue weighted by Crippen LogP contribution is -1.99. The molecule has 1 unspecified atom stereocenters. The Morgan fingerprint density at radius 1 is 1.45 bits per heavy atom. The molecular formula is C6H16NO3S-. The van der Waals surface area contributed by atoms with Gasteiger partial charge in [0.25, 0.3) is 0 Å². The lowest BCUT2D eigenvalue weighted by atomic mass is 10.5. The van der Waals surface area contributed by atoms with Gasteiger partial charge in [-0.1, -0.05) is 6.92 Å². The number of hydrogen-bond donors (Lipinski definition) is 0. The van der Waals surface area contributed by atoms with E-state index in [9.17, 15) is 8.76 Å². The molecule has 0 bridgehead atoms. The SMILES string of the molecule is CCCOS(=O)[O-].CN(C)C. The van der Waals surface area contributed by atoms with Crippen LogP contribution in [0.3, 0.4) is 0 Å². The van der Waals surface area contributed by atoms with Crippen LogP contribution in [0.2, 0.25) is 0 Å². The summed E-state index contributed by atoms with van der Waals surface area (Å²) in [6.45, 7) is 2.13. The third-order valence-corrected chi connectivity index (χ3v) is 0.743. The fourth-order valence-corrected chi connectivity index (χ4v) is 0.454. The van der Waals surface area contributed by atoms with Crippen molar-refractivity contribution in [3.05, 3.63) is 0 Å². The monoisotopic (exact) mass is 182 g/mol. The molecule has 0 saturated heterocycles. The second-order valence-corrected chi connectivity index (χ2v) is 3.01. The van der Waals surface area contributed by atoms with Gasteiger partial charge in [-0.25, -0.2) is 4.21 Å². The zero-order valence-corrected chi connectivity index (χ0v) is 8.31. The number of nitrogens with zero attached hydrogens (tertiary/aromatic N) is 1. The van der Waals surface area contributed by atoms with E-state index in [2.05, 4.69) is 4.18 Å². The van der Waals surface area contributed by atoms with Gasteiger partial charge >= 0.3 is 0 Å². The maximum Gasteiger partial charge on any atom is 0.0842 e. The molecule has 0 aromatic heterocycles. The molecule has 0 aliphatic heterocycles. The molecule has 1 atom stereocenters. The summed E-state index contributed by atoms with van der Waals surface area (Å²) < 4.78 is 23.2. The molecule has 0 rings (SSSR count). The maximum absolute atomic E-state index is 9.54. The van der Waals surface area contributed by atoms with Crippen molar-refractivity contribution < 1.29 is 12.9 Å². The van der Waals surface area contributed by atoms with Gasteiger partial charge in [0.2, 0.25) is 0 Å². The normalized spacial score (nSPS) is 12.2. The van der Waals surface area contributed by atoms with Crippen LogP contribution in [0, 0.1) is 0 Å². The molecular weight excluding hydrogens is 166 g/mol. The molecule has 4 nitrogen and oxygen atoms in total. The summed E-state index contributed by atoms with van der Waals surface area (Å²) in [7, 11) is 6.00. The first-order chi connectivity index (χ1) is 5.00. The van der Waals surface area contributed by atoms with Crippen molar-refractivity contribution in [1.29, 1.82) is 0 Å². The summed E-state index contributed by atoms with van der Waals surface area (Å²) in [5.41, 5.74) is 0. The van der Waals surface area contributed by atoms with Crippen LogP contribution >= 0.6 is 0 Å². The minimum Gasteiger partial charge on any atom is -0.750 e. The maximum atomic E-state index is 9.54. The summed E-state index contributed by atoms with van der Waals surface area (Å²) in [5, 5.41) is 0. The lowest BCUT2D eigenvalue weighted by Gasteiger charge is -2.01. The zero-order valence-electron chi connectivity index (χ0n) is 7.49. The van der Waals surface area contributed by atoms with E-state index in [0.29, 0.717) is 0 Å². The second kappa shape index (κ2) is 10.0. The van der Waals surface area contributed by atoms with Gasteiger partial charge in [0.1, 0.15) is 0 Å². The molecule has 0 aromatic rings. The quantitative estimate of drug-likeness (QED) is 0.592. The van der Waals surface area contributed by atoms with Gasteiger partial charge in [-0.3, -0.25) is 0 Å². The minimum absolute atomic E-state index is 0.288. The molecule has 0 aromatic carbocycles. The Kier molecular flexibility index (Phi) is 12.4. The Labute approximate surface area is 71.0 Å². The van der Waals surface area contributed by atoms with E-state index in [4.69, 9.17) is 0 Å². The van der Waals surface area contributed by atoms with Crippen LogP contribution in [0.5, 0.6) is 0 Å². The summed E-state index contributed by atoms with van der Waals surface area (Å²) in [5.74, 6) is 0. The van der Waals surface area contributed by atoms with Gasteiger partial charge in [0, 0.05) is 0 Å². The molecule has 70 valence electrons. The Hall–Kier alpha value is 0.0300. The van der Waals surface area contributed by atoms with Gasteiger partial charge in [-0.05, 0) is 27.6 Å². The third kappa shape index (κ3) is 39.8. The highest BCUT2D eigenvalue weighted by molar-refractivity contribution is 7.74. The third-order valence-electron chi connectivity index (χ3n) is 0.384. The Morgan fingerprint density at radius 2 is 1.82 bits per heavy atom. The first-order valence-electron chi connectivity index (χ1n) is 3.34. The van der Waals surface area contributed by atoms with Crippen LogP contribution in [0.4, 0.5) is 0 Å². The minimum atomic E-state index is -2.32. The topological polar surface area (TPSA) is 52.6 Å². The average molecular weight is 182 g/mol. The molecule has 0 fully saturated rings. The first kappa shape index (κ1) is 13.6.